The Kier molecular flexibility index (Phi) is 4.88. The minimum absolute atomic E-state index is 0.0615. The van der Waals surface area contributed by atoms with Gasteiger partial charge in [-0.1, -0.05) is 17.7 Å². The number of halogens is 1. The van der Waals surface area contributed by atoms with Crippen LogP contribution in [0.25, 0.3) is 10.9 Å². The van der Waals surface area contributed by atoms with E-state index in [-0.39, 0.29) is 5.91 Å². The zero-order valence-corrected chi connectivity index (χ0v) is 14.9. The van der Waals surface area contributed by atoms with Crippen molar-refractivity contribution in [1.82, 2.24) is 15.2 Å². The monoisotopic (exact) mass is 359 g/mol. The molecule has 1 aromatic heterocycles. The van der Waals surface area contributed by atoms with E-state index in [1.165, 1.54) is 5.56 Å². The molecule has 1 fully saturated rings. The normalized spacial score (nSPS) is 17.6. The highest BCUT2D eigenvalue weighted by molar-refractivity contribution is 6.36. The van der Waals surface area contributed by atoms with Crippen molar-refractivity contribution in [2.45, 2.75) is 19.3 Å². The number of aromatic nitrogens is 1. The average molecular weight is 360 g/mol. The highest BCUT2D eigenvalue weighted by atomic mass is 35.5. The van der Waals surface area contributed by atoms with Gasteiger partial charge in [-0.15, -0.1) is 0 Å². The van der Waals surface area contributed by atoms with Crippen molar-refractivity contribution < 1.29 is 9.53 Å². The highest BCUT2D eigenvalue weighted by Gasteiger charge is 2.19. The SMILES string of the molecule is O=C(NCCN1CCOCC1)c1ccc2c(Cl)c3c(nc2c1)CCC3. The molecule has 25 heavy (non-hydrogen) atoms. The van der Waals surface area contributed by atoms with E-state index in [2.05, 4.69) is 10.2 Å². The Balaban J connectivity index is 1.45. The number of morpholine rings is 1. The second kappa shape index (κ2) is 7.28. The quantitative estimate of drug-likeness (QED) is 0.911. The number of nitrogens with one attached hydrogen (secondary N) is 1. The topological polar surface area (TPSA) is 54.5 Å². The van der Waals surface area contributed by atoms with Gasteiger partial charge in [0.05, 0.1) is 23.8 Å². The predicted molar refractivity (Wildman–Crippen MR) is 98.4 cm³/mol. The Bertz CT molecular complexity index is 803. The lowest BCUT2D eigenvalue weighted by Crippen LogP contribution is -2.41. The summed E-state index contributed by atoms with van der Waals surface area (Å²) in [5.41, 5.74) is 3.71. The third-order valence-electron chi connectivity index (χ3n) is 5.02. The molecule has 5 nitrogen and oxygen atoms in total. The third-order valence-corrected chi connectivity index (χ3v) is 5.45. The van der Waals surface area contributed by atoms with Crippen molar-refractivity contribution in [3.8, 4) is 0 Å². The predicted octanol–water partition coefficient (Wildman–Crippen LogP) is 2.44. The van der Waals surface area contributed by atoms with Crippen LogP contribution in [0, 0.1) is 0 Å². The number of fused-ring (bicyclic) bond motifs is 2. The van der Waals surface area contributed by atoms with E-state index in [0.717, 1.165) is 73.7 Å². The van der Waals surface area contributed by atoms with Gasteiger partial charge >= 0.3 is 0 Å². The average Bonchev–Trinajstić information content (AvgIpc) is 3.11. The molecule has 0 unspecified atom stereocenters. The van der Waals surface area contributed by atoms with E-state index in [9.17, 15) is 4.79 Å². The molecule has 1 aliphatic heterocycles. The van der Waals surface area contributed by atoms with Crippen molar-refractivity contribution in [3.63, 3.8) is 0 Å². The lowest BCUT2D eigenvalue weighted by Gasteiger charge is -2.26. The minimum atomic E-state index is -0.0615. The number of hydrogen-bond donors (Lipinski definition) is 1. The van der Waals surface area contributed by atoms with Crippen LogP contribution in [-0.2, 0) is 17.6 Å². The molecular formula is C19H22ClN3O2. The number of hydrogen-bond acceptors (Lipinski definition) is 4. The molecule has 2 heterocycles. The van der Waals surface area contributed by atoms with E-state index in [0.29, 0.717) is 12.1 Å². The Morgan fingerprint density at radius 1 is 1.28 bits per heavy atom. The first-order valence-electron chi connectivity index (χ1n) is 8.92. The summed E-state index contributed by atoms with van der Waals surface area (Å²) in [5, 5.41) is 4.74. The number of pyridine rings is 1. The molecule has 2 aromatic rings. The fraction of sp³-hybridized carbons (Fsp3) is 0.474. The van der Waals surface area contributed by atoms with Crippen LogP contribution in [0.15, 0.2) is 18.2 Å². The number of aryl methyl sites for hydroxylation is 1. The molecule has 132 valence electrons. The summed E-state index contributed by atoms with van der Waals surface area (Å²) in [4.78, 5) is 19.5. The molecule has 0 bridgehead atoms. The Hall–Kier alpha value is -1.69. The molecule has 0 radical (unpaired) electrons. The lowest BCUT2D eigenvalue weighted by molar-refractivity contribution is 0.0383. The van der Waals surface area contributed by atoms with E-state index < -0.39 is 0 Å². The van der Waals surface area contributed by atoms with Crippen LogP contribution in [0.3, 0.4) is 0 Å². The van der Waals surface area contributed by atoms with Gasteiger partial charge in [-0.25, -0.2) is 0 Å². The maximum atomic E-state index is 12.4. The summed E-state index contributed by atoms with van der Waals surface area (Å²) in [6.45, 7) is 4.89. The zero-order valence-electron chi connectivity index (χ0n) is 14.2. The number of ether oxygens (including phenoxy) is 1. The van der Waals surface area contributed by atoms with Crippen molar-refractivity contribution in [2.75, 3.05) is 39.4 Å². The minimum Gasteiger partial charge on any atom is -0.379 e. The maximum absolute atomic E-state index is 12.4. The summed E-state index contributed by atoms with van der Waals surface area (Å²) >= 11 is 6.53. The molecule has 2 aliphatic rings. The maximum Gasteiger partial charge on any atom is 0.251 e. The number of amides is 1. The first-order valence-corrected chi connectivity index (χ1v) is 9.29. The number of carbonyl (C=O) groups is 1. The van der Waals surface area contributed by atoms with E-state index in [1.54, 1.807) is 0 Å². The van der Waals surface area contributed by atoms with Gasteiger partial charge < -0.3 is 10.1 Å². The van der Waals surface area contributed by atoms with Gasteiger partial charge in [-0.05, 0) is 37.0 Å². The van der Waals surface area contributed by atoms with E-state index in [4.69, 9.17) is 21.3 Å². The highest BCUT2D eigenvalue weighted by Crippen LogP contribution is 2.33. The van der Waals surface area contributed by atoms with Gasteiger partial charge in [-0.3, -0.25) is 14.7 Å². The second-order valence-corrected chi connectivity index (χ2v) is 7.02. The van der Waals surface area contributed by atoms with Crippen molar-refractivity contribution >= 4 is 28.4 Å². The van der Waals surface area contributed by atoms with Gasteiger partial charge in [0.1, 0.15) is 0 Å². The second-order valence-electron chi connectivity index (χ2n) is 6.65. The standard InChI is InChI=1S/C19H22ClN3O2/c20-18-14-2-1-3-16(14)22-17-12-13(4-5-15(17)18)19(24)21-6-7-23-8-10-25-11-9-23/h4-5,12H,1-3,6-11H2,(H,21,24). The van der Waals surface area contributed by atoms with Crippen LogP contribution in [0.5, 0.6) is 0 Å². The van der Waals surface area contributed by atoms with Crippen LogP contribution in [0.2, 0.25) is 5.02 Å². The van der Waals surface area contributed by atoms with Crippen LogP contribution < -0.4 is 5.32 Å². The Labute approximate surface area is 152 Å². The molecule has 1 aromatic carbocycles. The van der Waals surface area contributed by atoms with Gasteiger partial charge in [0.15, 0.2) is 0 Å². The van der Waals surface area contributed by atoms with Crippen LogP contribution in [0.4, 0.5) is 0 Å². The summed E-state index contributed by atoms with van der Waals surface area (Å²) in [7, 11) is 0. The van der Waals surface area contributed by atoms with E-state index >= 15 is 0 Å². The molecule has 0 spiro atoms. The van der Waals surface area contributed by atoms with Crippen molar-refractivity contribution in [3.05, 3.63) is 40.0 Å². The van der Waals surface area contributed by atoms with E-state index in [1.807, 2.05) is 18.2 Å². The van der Waals surface area contributed by atoms with Gasteiger partial charge in [0.25, 0.3) is 5.91 Å². The van der Waals surface area contributed by atoms with Crippen molar-refractivity contribution in [1.29, 1.82) is 0 Å². The number of rotatable bonds is 4. The van der Waals surface area contributed by atoms with Crippen LogP contribution in [0.1, 0.15) is 28.0 Å². The van der Waals surface area contributed by atoms with Gasteiger partial charge in [0, 0.05) is 42.8 Å². The molecule has 1 aliphatic carbocycles. The lowest BCUT2D eigenvalue weighted by atomic mass is 10.1. The molecule has 0 saturated carbocycles. The Morgan fingerprint density at radius 3 is 2.96 bits per heavy atom. The Morgan fingerprint density at radius 2 is 2.12 bits per heavy atom. The molecule has 4 rings (SSSR count). The molecule has 1 amide bonds. The van der Waals surface area contributed by atoms with Crippen LogP contribution in [-0.4, -0.2) is 55.2 Å². The molecule has 0 atom stereocenters. The summed E-state index contributed by atoms with van der Waals surface area (Å²) in [5.74, 6) is -0.0615. The molecule has 6 heteroatoms. The van der Waals surface area contributed by atoms with Gasteiger partial charge in [-0.2, -0.15) is 0 Å². The zero-order chi connectivity index (χ0) is 17.2. The summed E-state index contributed by atoms with van der Waals surface area (Å²) in [6, 6.07) is 5.60. The summed E-state index contributed by atoms with van der Waals surface area (Å²) in [6.07, 6.45) is 3.08. The number of benzene rings is 1. The number of carbonyl (C=O) groups excluding carboxylic acids is 1. The smallest absolute Gasteiger partial charge is 0.251 e. The first kappa shape index (κ1) is 16.8. The van der Waals surface area contributed by atoms with Crippen LogP contribution >= 0.6 is 11.6 Å². The fourth-order valence-corrected chi connectivity index (χ4v) is 3.96. The molecular weight excluding hydrogens is 338 g/mol. The largest absolute Gasteiger partial charge is 0.379 e. The third kappa shape index (κ3) is 3.50. The van der Waals surface area contributed by atoms with Gasteiger partial charge in [0.2, 0.25) is 0 Å². The van der Waals surface area contributed by atoms with Crippen molar-refractivity contribution in [2.24, 2.45) is 0 Å². The first-order chi connectivity index (χ1) is 12.2. The molecule has 1 N–H and O–H groups in total. The molecule has 1 saturated heterocycles. The number of nitrogens with zero attached hydrogens (tertiary/aromatic N) is 2. The fourth-order valence-electron chi connectivity index (χ4n) is 3.60. The summed E-state index contributed by atoms with van der Waals surface area (Å²) < 4.78 is 5.33.